The van der Waals surface area contributed by atoms with Gasteiger partial charge in [0, 0.05) is 7.11 Å². The van der Waals surface area contributed by atoms with Gasteiger partial charge in [-0.15, -0.1) is 0 Å². The Hall–Kier alpha value is -0.690. The van der Waals surface area contributed by atoms with Crippen molar-refractivity contribution in [3.05, 3.63) is 0 Å². The quantitative estimate of drug-likeness (QED) is 0.401. The highest BCUT2D eigenvalue weighted by Crippen LogP contribution is 2.22. The van der Waals surface area contributed by atoms with E-state index in [1.165, 1.54) is 14.2 Å². The number of methoxy groups -OCH3 is 2. The van der Waals surface area contributed by atoms with Gasteiger partial charge < -0.3 is 9.47 Å². The lowest BCUT2D eigenvalue weighted by Gasteiger charge is -2.17. The number of carbonyl (C=O) groups is 1. The van der Waals surface area contributed by atoms with E-state index >= 15 is 0 Å². The molecule has 0 spiro atoms. The summed E-state index contributed by atoms with van der Waals surface area (Å²) in [4.78, 5) is 19.6. The van der Waals surface area contributed by atoms with Crippen molar-refractivity contribution in [2.45, 2.75) is 5.97 Å². The minimum atomic E-state index is -1.84. The van der Waals surface area contributed by atoms with Crippen LogP contribution in [0, 0.1) is 0 Å². The Morgan fingerprint density at radius 2 is 2.27 bits per heavy atom. The summed E-state index contributed by atoms with van der Waals surface area (Å²) in [6, 6.07) is 0. The molecule has 64 valence electrons. The Bertz CT molecular complexity index is 149. The molecular formula is C5H8O6. The highest BCUT2D eigenvalue weighted by molar-refractivity contribution is 5.76. The second-order valence-electron chi connectivity index (χ2n) is 1.72. The van der Waals surface area contributed by atoms with Gasteiger partial charge in [-0.25, -0.2) is 9.68 Å². The fourth-order valence-electron chi connectivity index (χ4n) is 0.622. The largest absolute Gasteiger partial charge is 0.463 e. The normalized spacial score (nSPS) is 30.4. The first-order chi connectivity index (χ1) is 5.25. The molecule has 0 amide bonds. The first kappa shape index (κ1) is 8.41. The first-order valence-corrected chi connectivity index (χ1v) is 2.83. The molecule has 1 atom stereocenters. The molecule has 1 aliphatic heterocycles. The average molecular weight is 164 g/mol. The van der Waals surface area contributed by atoms with E-state index in [9.17, 15) is 4.79 Å². The van der Waals surface area contributed by atoms with Crippen LogP contribution in [0.15, 0.2) is 0 Å². The number of ether oxygens (including phenoxy) is 3. The van der Waals surface area contributed by atoms with Gasteiger partial charge >= 0.3 is 11.9 Å². The van der Waals surface area contributed by atoms with E-state index in [0.29, 0.717) is 0 Å². The van der Waals surface area contributed by atoms with Gasteiger partial charge in [0.15, 0.2) is 6.79 Å². The number of hydrogen-bond acceptors (Lipinski definition) is 6. The second kappa shape index (κ2) is 3.14. The molecule has 0 aromatic heterocycles. The lowest BCUT2D eigenvalue weighted by Crippen LogP contribution is -2.42. The van der Waals surface area contributed by atoms with Crippen LogP contribution in [0.1, 0.15) is 0 Å². The molecule has 0 radical (unpaired) electrons. The predicted molar refractivity (Wildman–Crippen MR) is 29.9 cm³/mol. The van der Waals surface area contributed by atoms with Crippen LogP contribution in [0.3, 0.4) is 0 Å². The SMILES string of the molecule is COC(=O)C1(OC)OCOO1. The molecule has 1 unspecified atom stereocenters. The molecule has 0 bridgehead atoms. The number of hydrogen-bond donors (Lipinski definition) is 0. The van der Waals surface area contributed by atoms with Crippen LogP contribution in [0.2, 0.25) is 0 Å². The Kier molecular flexibility index (Phi) is 2.40. The molecule has 1 aliphatic rings. The monoisotopic (exact) mass is 164 g/mol. The van der Waals surface area contributed by atoms with Crippen LogP contribution < -0.4 is 0 Å². The third kappa shape index (κ3) is 1.33. The van der Waals surface area contributed by atoms with Crippen molar-refractivity contribution in [3.63, 3.8) is 0 Å². The van der Waals surface area contributed by atoms with Crippen molar-refractivity contribution in [2.75, 3.05) is 21.0 Å². The van der Waals surface area contributed by atoms with Gasteiger partial charge in [-0.2, -0.15) is 4.89 Å². The predicted octanol–water partition coefficient (Wildman–Crippen LogP) is -0.605. The zero-order valence-corrected chi connectivity index (χ0v) is 6.16. The summed E-state index contributed by atoms with van der Waals surface area (Å²) in [7, 11) is 2.43. The van der Waals surface area contributed by atoms with E-state index in [2.05, 4.69) is 19.2 Å². The lowest BCUT2D eigenvalue weighted by molar-refractivity contribution is -0.391. The van der Waals surface area contributed by atoms with Crippen molar-refractivity contribution in [3.8, 4) is 0 Å². The zero-order chi connectivity index (χ0) is 8.32. The Balaban J connectivity index is 2.66. The molecule has 6 heteroatoms. The van der Waals surface area contributed by atoms with Crippen molar-refractivity contribution >= 4 is 5.97 Å². The smallest absolute Gasteiger partial charge is 0.415 e. The third-order valence-corrected chi connectivity index (χ3v) is 1.17. The standard InChI is InChI=1S/C5H8O6/c1-7-4(6)5(8-2)9-3-10-11-5/h3H2,1-2H3. The summed E-state index contributed by atoms with van der Waals surface area (Å²) < 4.78 is 13.6. The van der Waals surface area contributed by atoms with Crippen LogP contribution in [-0.4, -0.2) is 33.0 Å². The maximum Gasteiger partial charge on any atom is 0.415 e. The summed E-state index contributed by atoms with van der Waals surface area (Å²) in [6.45, 7) is -0.164. The van der Waals surface area contributed by atoms with E-state index in [4.69, 9.17) is 4.74 Å². The summed E-state index contributed by atoms with van der Waals surface area (Å²) in [5.74, 6) is -2.63. The van der Waals surface area contributed by atoms with Crippen molar-refractivity contribution in [1.29, 1.82) is 0 Å². The van der Waals surface area contributed by atoms with Gasteiger partial charge in [0.1, 0.15) is 0 Å². The molecule has 1 rings (SSSR count). The molecule has 0 saturated carbocycles. The molecule has 0 aromatic rings. The van der Waals surface area contributed by atoms with Crippen LogP contribution in [0.4, 0.5) is 0 Å². The molecular weight excluding hydrogens is 156 g/mol. The molecule has 1 saturated heterocycles. The van der Waals surface area contributed by atoms with E-state index in [-0.39, 0.29) is 6.79 Å². The molecule has 0 aliphatic carbocycles. The fourth-order valence-corrected chi connectivity index (χ4v) is 0.622. The first-order valence-electron chi connectivity index (χ1n) is 2.83. The number of esters is 1. The molecule has 1 heterocycles. The Labute approximate surface area is 62.9 Å². The number of rotatable bonds is 2. The van der Waals surface area contributed by atoms with Crippen molar-refractivity contribution in [2.24, 2.45) is 0 Å². The summed E-state index contributed by atoms with van der Waals surface area (Å²) >= 11 is 0. The highest BCUT2D eigenvalue weighted by Gasteiger charge is 2.49. The summed E-state index contributed by atoms with van der Waals surface area (Å²) in [6.07, 6.45) is 0. The zero-order valence-electron chi connectivity index (χ0n) is 6.16. The minimum Gasteiger partial charge on any atom is -0.463 e. The van der Waals surface area contributed by atoms with E-state index in [1.54, 1.807) is 0 Å². The molecule has 0 N–H and O–H groups in total. The van der Waals surface area contributed by atoms with Gasteiger partial charge in [-0.3, -0.25) is 4.74 Å². The Morgan fingerprint density at radius 3 is 2.64 bits per heavy atom. The van der Waals surface area contributed by atoms with Gasteiger partial charge in [0.25, 0.3) is 0 Å². The van der Waals surface area contributed by atoms with E-state index in [1.807, 2.05) is 0 Å². The van der Waals surface area contributed by atoms with E-state index in [0.717, 1.165) is 0 Å². The second-order valence-corrected chi connectivity index (χ2v) is 1.72. The average Bonchev–Trinajstić information content (AvgIpc) is 2.52. The van der Waals surface area contributed by atoms with Crippen LogP contribution in [0.5, 0.6) is 0 Å². The van der Waals surface area contributed by atoms with Crippen LogP contribution >= 0.6 is 0 Å². The molecule has 1 fully saturated rings. The topological polar surface area (TPSA) is 63.2 Å². The van der Waals surface area contributed by atoms with Crippen molar-refractivity contribution in [1.82, 2.24) is 0 Å². The summed E-state index contributed by atoms with van der Waals surface area (Å²) in [5, 5.41) is 0. The highest BCUT2D eigenvalue weighted by atomic mass is 17.3. The molecule has 6 nitrogen and oxygen atoms in total. The van der Waals surface area contributed by atoms with Gasteiger partial charge in [0.2, 0.25) is 0 Å². The van der Waals surface area contributed by atoms with Gasteiger partial charge in [0.05, 0.1) is 7.11 Å². The fraction of sp³-hybridized carbons (Fsp3) is 0.800. The van der Waals surface area contributed by atoms with Gasteiger partial charge in [-0.1, -0.05) is 0 Å². The van der Waals surface area contributed by atoms with Crippen LogP contribution in [0.25, 0.3) is 0 Å². The maximum atomic E-state index is 10.9. The third-order valence-electron chi connectivity index (χ3n) is 1.17. The Morgan fingerprint density at radius 1 is 1.55 bits per heavy atom. The lowest BCUT2D eigenvalue weighted by atomic mass is 10.5. The van der Waals surface area contributed by atoms with Gasteiger partial charge in [-0.05, 0) is 0 Å². The van der Waals surface area contributed by atoms with Crippen molar-refractivity contribution < 1.29 is 28.8 Å². The van der Waals surface area contributed by atoms with Crippen LogP contribution in [-0.2, 0) is 28.8 Å². The molecule has 0 aromatic carbocycles. The maximum absolute atomic E-state index is 10.9. The molecule has 11 heavy (non-hydrogen) atoms. The minimum absolute atomic E-state index is 0.164. The summed E-state index contributed by atoms with van der Waals surface area (Å²) in [5.41, 5.74) is 0. The number of carbonyl (C=O) groups excluding carboxylic acids is 1. The van der Waals surface area contributed by atoms with E-state index < -0.39 is 11.9 Å².